The summed E-state index contributed by atoms with van der Waals surface area (Å²) in [6, 6.07) is 1.38. The fourth-order valence-electron chi connectivity index (χ4n) is 4.61. The maximum atomic E-state index is 11.6. The maximum absolute atomic E-state index is 11.6. The van der Waals surface area contributed by atoms with Gasteiger partial charge in [0.2, 0.25) is 0 Å². The Hall–Kier alpha value is -0.370. The predicted molar refractivity (Wildman–Crippen MR) is 68.8 cm³/mol. The van der Waals surface area contributed by atoms with Crippen molar-refractivity contribution in [2.45, 2.75) is 64.5 Å². The minimum atomic E-state index is 0.501. The van der Waals surface area contributed by atoms with Crippen LogP contribution in [-0.2, 0) is 4.79 Å². The highest BCUT2D eigenvalue weighted by Crippen LogP contribution is 2.44. The summed E-state index contributed by atoms with van der Waals surface area (Å²) in [7, 11) is 0. The van der Waals surface area contributed by atoms with Gasteiger partial charge in [-0.05, 0) is 43.4 Å². The summed E-state index contributed by atoms with van der Waals surface area (Å²) < 4.78 is 0. The summed E-state index contributed by atoms with van der Waals surface area (Å²) in [5.41, 5.74) is 0. The summed E-state index contributed by atoms with van der Waals surface area (Å²) >= 11 is 0. The summed E-state index contributed by atoms with van der Waals surface area (Å²) in [6.07, 6.45) is 7.10. The molecule has 0 aromatic carbocycles. The van der Waals surface area contributed by atoms with Gasteiger partial charge in [-0.2, -0.15) is 0 Å². The van der Waals surface area contributed by atoms with E-state index in [4.69, 9.17) is 0 Å². The zero-order valence-corrected chi connectivity index (χ0v) is 11.2. The number of piperidine rings is 2. The Kier molecular flexibility index (Phi) is 3.02. The Morgan fingerprint density at radius 3 is 2.82 bits per heavy atom. The van der Waals surface area contributed by atoms with Gasteiger partial charge < -0.3 is 0 Å². The molecule has 2 saturated heterocycles. The van der Waals surface area contributed by atoms with Gasteiger partial charge in [0.25, 0.3) is 0 Å². The summed E-state index contributed by atoms with van der Waals surface area (Å²) in [5.74, 6) is 3.15. The Labute approximate surface area is 105 Å². The van der Waals surface area contributed by atoms with Crippen LogP contribution in [0.4, 0.5) is 0 Å². The van der Waals surface area contributed by atoms with Crippen LogP contribution in [0.2, 0.25) is 0 Å². The maximum Gasteiger partial charge on any atom is 0.135 e. The smallest absolute Gasteiger partial charge is 0.135 e. The highest BCUT2D eigenvalue weighted by Gasteiger charge is 2.45. The van der Waals surface area contributed by atoms with Crippen molar-refractivity contribution >= 4 is 5.78 Å². The first kappa shape index (κ1) is 11.7. The molecule has 2 aliphatic heterocycles. The van der Waals surface area contributed by atoms with Gasteiger partial charge in [0, 0.05) is 31.5 Å². The van der Waals surface area contributed by atoms with E-state index in [0.29, 0.717) is 11.8 Å². The summed E-state index contributed by atoms with van der Waals surface area (Å²) in [5, 5.41) is 0. The van der Waals surface area contributed by atoms with Gasteiger partial charge in [-0.1, -0.05) is 13.8 Å². The van der Waals surface area contributed by atoms with Crippen molar-refractivity contribution < 1.29 is 4.79 Å². The van der Waals surface area contributed by atoms with Crippen LogP contribution in [0.25, 0.3) is 0 Å². The van der Waals surface area contributed by atoms with E-state index in [-0.39, 0.29) is 0 Å². The fraction of sp³-hybridized carbons (Fsp3) is 0.933. The number of carbonyl (C=O) groups excluding carboxylic acids is 1. The lowest BCUT2D eigenvalue weighted by Gasteiger charge is -2.54. The average Bonchev–Trinajstić information content (AvgIpc) is 2.29. The highest BCUT2D eigenvalue weighted by molar-refractivity contribution is 5.80. The average molecular weight is 235 g/mol. The highest BCUT2D eigenvalue weighted by atomic mass is 16.1. The molecule has 5 atom stereocenters. The lowest BCUT2D eigenvalue weighted by atomic mass is 9.66. The Balaban J connectivity index is 1.78. The molecule has 0 aromatic heterocycles. The van der Waals surface area contributed by atoms with E-state index in [1.807, 2.05) is 0 Å². The zero-order valence-electron chi connectivity index (χ0n) is 11.2. The molecule has 1 saturated carbocycles. The summed E-state index contributed by atoms with van der Waals surface area (Å²) in [6.45, 7) is 5.88. The Bertz CT molecular complexity index is 314. The molecule has 2 heterocycles. The van der Waals surface area contributed by atoms with E-state index in [9.17, 15) is 4.79 Å². The van der Waals surface area contributed by atoms with Crippen LogP contribution in [-0.4, -0.2) is 29.3 Å². The van der Waals surface area contributed by atoms with Gasteiger partial charge in [-0.25, -0.2) is 0 Å². The first-order valence-electron chi connectivity index (χ1n) is 7.42. The Morgan fingerprint density at radius 1 is 1.18 bits per heavy atom. The predicted octanol–water partition coefficient (Wildman–Crippen LogP) is 2.86. The number of nitrogens with zero attached hydrogens (tertiary/aromatic N) is 1. The van der Waals surface area contributed by atoms with Gasteiger partial charge in [0.05, 0.1) is 0 Å². The first-order chi connectivity index (χ1) is 8.15. The number of rotatable bonds is 0. The molecule has 0 bridgehead atoms. The topological polar surface area (TPSA) is 20.3 Å². The molecule has 0 radical (unpaired) electrons. The van der Waals surface area contributed by atoms with Gasteiger partial charge >= 0.3 is 0 Å². The minimum Gasteiger partial charge on any atom is -0.300 e. The molecule has 17 heavy (non-hydrogen) atoms. The third-order valence-electron chi connectivity index (χ3n) is 5.51. The van der Waals surface area contributed by atoms with Gasteiger partial charge in [0.1, 0.15) is 5.78 Å². The van der Waals surface area contributed by atoms with Crippen molar-refractivity contribution in [3.63, 3.8) is 0 Å². The van der Waals surface area contributed by atoms with Crippen molar-refractivity contribution in [3.8, 4) is 0 Å². The minimum absolute atomic E-state index is 0.501. The molecule has 0 N–H and O–H groups in total. The third-order valence-corrected chi connectivity index (χ3v) is 5.51. The number of Topliss-reactive ketones (excluding diaryl/α,β-unsaturated/α-hetero) is 1. The normalized spacial score (nSPS) is 47.4. The molecule has 0 aromatic rings. The number of hydrogen-bond donors (Lipinski definition) is 0. The second kappa shape index (κ2) is 4.38. The number of ketones is 1. The second-order valence-electron chi connectivity index (χ2n) is 6.75. The van der Waals surface area contributed by atoms with E-state index >= 15 is 0 Å². The Morgan fingerprint density at radius 2 is 2.00 bits per heavy atom. The number of fused-ring (bicyclic) bond motifs is 3. The molecule has 1 aliphatic carbocycles. The molecule has 2 heteroatoms. The lowest BCUT2D eigenvalue weighted by Crippen LogP contribution is -2.58. The van der Waals surface area contributed by atoms with Gasteiger partial charge in [0.15, 0.2) is 0 Å². The van der Waals surface area contributed by atoms with Crippen molar-refractivity contribution in [3.05, 3.63) is 0 Å². The van der Waals surface area contributed by atoms with E-state index in [1.165, 1.54) is 25.7 Å². The van der Waals surface area contributed by atoms with Crippen molar-refractivity contribution in [1.29, 1.82) is 0 Å². The van der Waals surface area contributed by atoms with Gasteiger partial charge in [-0.15, -0.1) is 0 Å². The molecular weight excluding hydrogens is 210 g/mol. The third kappa shape index (κ3) is 2.05. The standard InChI is InChI=1S/C15H25NO/c1-10-3-4-15-14(7-10)11(2)8-12-9-13(17)5-6-16(12)15/h10-12,14-15H,3-9H2,1-2H3. The van der Waals surface area contributed by atoms with Crippen LogP contribution < -0.4 is 0 Å². The fourth-order valence-corrected chi connectivity index (χ4v) is 4.61. The molecule has 2 nitrogen and oxygen atoms in total. The van der Waals surface area contributed by atoms with Crippen LogP contribution in [0.1, 0.15) is 52.4 Å². The first-order valence-corrected chi connectivity index (χ1v) is 7.42. The van der Waals surface area contributed by atoms with Crippen LogP contribution in [0.15, 0.2) is 0 Å². The molecule has 3 fully saturated rings. The molecule has 3 rings (SSSR count). The van der Waals surface area contributed by atoms with E-state index in [2.05, 4.69) is 18.7 Å². The van der Waals surface area contributed by atoms with E-state index in [0.717, 1.165) is 43.2 Å². The van der Waals surface area contributed by atoms with Crippen molar-refractivity contribution in [2.75, 3.05) is 6.54 Å². The van der Waals surface area contributed by atoms with Crippen LogP contribution in [0.5, 0.6) is 0 Å². The van der Waals surface area contributed by atoms with Crippen LogP contribution in [0.3, 0.4) is 0 Å². The van der Waals surface area contributed by atoms with Crippen molar-refractivity contribution in [2.24, 2.45) is 17.8 Å². The molecular formula is C15H25NO. The van der Waals surface area contributed by atoms with Crippen LogP contribution in [0, 0.1) is 17.8 Å². The van der Waals surface area contributed by atoms with Crippen LogP contribution >= 0.6 is 0 Å². The largest absolute Gasteiger partial charge is 0.300 e. The SMILES string of the molecule is CC1CCC2C(C1)C(C)CC1CC(=O)CCN12. The van der Waals surface area contributed by atoms with E-state index in [1.54, 1.807) is 0 Å². The van der Waals surface area contributed by atoms with Crippen molar-refractivity contribution in [1.82, 2.24) is 4.90 Å². The second-order valence-corrected chi connectivity index (χ2v) is 6.75. The monoisotopic (exact) mass is 235 g/mol. The lowest BCUT2D eigenvalue weighted by molar-refractivity contribution is -0.128. The zero-order chi connectivity index (χ0) is 12.0. The molecule has 5 unspecified atom stereocenters. The number of hydrogen-bond acceptors (Lipinski definition) is 2. The van der Waals surface area contributed by atoms with E-state index < -0.39 is 0 Å². The molecule has 0 spiro atoms. The quantitative estimate of drug-likeness (QED) is 0.643. The number of carbonyl (C=O) groups is 1. The summed E-state index contributed by atoms with van der Waals surface area (Å²) in [4.78, 5) is 14.3. The molecule has 0 amide bonds. The molecule has 96 valence electrons. The molecule has 3 aliphatic rings. The van der Waals surface area contributed by atoms with Gasteiger partial charge in [-0.3, -0.25) is 9.69 Å².